The van der Waals surface area contributed by atoms with Crippen LogP contribution in [-0.2, 0) is 0 Å². The Labute approximate surface area is 358 Å². The van der Waals surface area contributed by atoms with Gasteiger partial charge in [0, 0.05) is 44.5 Å². The molecule has 2 aliphatic carbocycles. The molecule has 2 aliphatic rings. The summed E-state index contributed by atoms with van der Waals surface area (Å²) in [6.07, 6.45) is -11.4. The molecule has 5 aromatic carbocycles. The molecular weight excluding hydrogens is 835 g/mol. The Hall–Kier alpha value is -9.84. The lowest BCUT2D eigenvalue weighted by atomic mass is 9.85. The van der Waals surface area contributed by atoms with Gasteiger partial charge in [-0.05, 0) is 58.7 Å². The number of benzene rings is 5. The number of hydrogen-bond donors (Lipinski definition) is 0. The average molecular weight is 851 g/mol. The summed E-state index contributed by atoms with van der Waals surface area (Å²) < 4.78 is 100. The SMILES string of the molecule is N#CC1=C(c2ccccc2)/C(=C(/C#N)c2cc(C#N)cc(C#N)c2)c2c(OC(F)(F)F)c3c(c(OC(F)(F)F)c21)/C(=C(\C#N)c1cc(C#N)cc(C#N)c1)C(c1ccccc1)=C3C#N. The van der Waals surface area contributed by atoms with E-state index in [2.05, 4.69) is 0 Å². The van der Waals surface area contributed by atoms with Crippen molar-refractivity contribution in [2.75, 3.05) is 0 Å². The minimum Gasteiger partial charge on any atom is -0.404 e. The molecule has 0 unspecified atom stereocenters. The van der Waals surface area contributed by atoms with E-state index < -0.39 is 91.1 Å². The van der Waals surface area contributed by atoms with E-state index in [1.54, 1.807) is 12.1 Å². The third kappa shape index (κ3) is 7.36. The molecule has 7 rings (SSSR count). The number of allylic oxidation sites excluding steroid dienone is 8. The highest BCUT2D eigenvalue weighted by Crippen LogP contribution is 2.64. The highest BCUT2D eigenvalue weighted by atomic mass is 19.4. The summed E-state index contributed by atoms with van der Waals surface area (Å²) in [6, 6.07) is 35.4. The summed E-state index contributed by atoms with van der Waals surface area (Å²) in [5, 5.41) is 83.2. The van der Waals surface area contributed by atoms with Gasteiger partial charge in [-0.15, -0.1) is 26.3 Å². The lowest BCUT2D eigenvalue weighted by Crippen LogP contribution is -2.22. The average Bonchev–Trinajstić information content (AvgIpc) is 3.81. The summed E-state index contributed by atoms with van der Waals surface area (Å²) >= 11 is 0. The molecule has 0 radical (unpaired) electrons. The second-order valence-electron chi connectivity index (χ2n) is 13.5. The van der Waals surface area contributed by atoms with Gasteiger partial charge in [0.05, 0.1) is 68.8 Å². The lowest BCUT2D eigenvalue weighted by molar-refractivity contribution is -0.277. The van der Waals surface area contributed by atoms with Crippen LogP contribution < -0.4 is 9.47 Å². The first-order valence-corrected chi connectivity index (χ1v) is 18.0. The van der Waals surface area contributed by atoms with Gasteiger partial charge in [0.2, 0.25) is 0 Å². The largest absolute Gasteiger partial charge is 0.573 e. The number of nitriles is 8. The molecule has 0 aromatic heterocycles. The van der Waals surface area contributed by atoms with Crippen LogP contribution in [0.3, 0.4) is 0 Å². The maximum absolute atomic E-state index is 15.1. The Balaban J connectivity index is 1.86. The molecule has 0 atom stereocenters. The van der Waals surface area contributed by atoms with Gasteiger partial charge in [-0.25, -0.2) is 0 Å². The van der Waals surface area contributed by atoms with E-state index in [1.807, 2.05) is 36.4 Å². The van der Waals surface area contributed by atoms with E-state index in [0.717, 1.165) is 36.4 Å². The van der Waals surface area contributed by atoms with E-state index in [0.29, 0.717) is 0 Å². The molecule has 5 aromatic rings. The van der Waals surface area contributed by atoms with Crippen LogP contribution in [0, 0.1) is 90.6 Å². The summed E-state index contributed by atoms with van der Waals surface area (Å²) in [5.74, 6) is -2.77. The third-order valence-corrected chi connectivity index (χ3v) is 9.88. The van der Waals surface area contributed by atoms with Gasteiger partial charge in [0.1, 0.15) is 35.8 Å². The fourth-order valence-corrected chi connectivity index (χ4v) is 7.69. The highest BCUT2D eigenvalue weighted by Gasteiger charge is 2.49. The Morgan fingerprint density at radius 1 is 0.406 bits per heavy atom. The molecule has 0 fully saturated rings. The van der Waals surface area contributed by atoms with Crippen molar-refractivity contribution in [3.05, 3.63) is 164 Å². The van der Waals surface area contributed by atoms with Gasteiger partial charge in [0.15, 0.2) is 0 Å². The van der Waals surface area contributed by atoms with E-state index in [-0.39, 0.29) is 44.5 Å². The smallest absolute Gasteiger partial charge is 0.404 e. The van der Waals surface area contributed by atoms with Crippen LogP contribution in [0.2, 0.25) is 0 Å². The van der Waals surface area contributed by atoms with Crippen LogP contribution in [0.25, 0.3) is 44.6 Å². The molecule has 0 bridgehead atoms. The molecule has 302 valence electrons. The molecular formula is C48H16F6N8O2. The zero-order chi connectivity index (χ0) is 46.1. The van der Waals surface area contributed by atoms with Crippen LogP contribution in [0.4, 0.5) is 26.3 Å². The number of halogens is 6. The molecule has 0 saturated carbocycles. The molecule has 0 spiro atoms. The number of fused-ring (bicyclic) bond motifs is 2. The third-order valence-electron chi connectivity index (χ3n) is 9.88. The zero-order valence-corrected chi connectivity index (χ0v) is 31.9. The fraction of sp³-hybridized carbons (Fsp3) is 0.0417. The van der Waals surface area contributed by atoms with Crippen LogP contribution in [0.1, 0.15) is 66.8 Å². The first-order valence-electron chi connectivity index (χ1n) is 18.0. The van der Waals surface area contributed by atoms with Crippen molar-refractivity contribution in [1.82, 2.24) is 0 Å². The second-order valence-corrected chi connectivity index (χ2v) is 13.5. The van der Waals surface area contributed by atoms with Crippen molar-refractivity contribution in [1.29, 1.82) is 42.1 Å². The number of ether oxygens (including phenoxy) is 2. The van der Waals surface area contributed by atoms with Crippen LogP contribution in [0.15, 0.2) is 97.1 Å². The van der Waals surface area contributed by atoms with Gasteiger partial charge >= 0.3 is 12.7 Å². The topological polar surface area (TPSA) is 209 Å². The minimum atomic E-state index is -5.72. The fourth-order valence-electron chi connectivity index (χ4n) is 7.69. The molecule has 0 saturated heterocycles. The summed E-state index contributed by atoms with van der Waals surface area (Å²) in [4.78, 5) is 0. The van der Waals surface area contributed by atoms with E-state index >= 15 is 26.3 Å². The number of nitrogens with zero attached hydrogens (tertiary/aromatic N) is 8. The maximum atomic E-state index is 15.1. The predicted molar refractivity (Wildman–Crippen MR) is 214 cm³/mol. The quantitative estimate of drug-likeness (QED) is 0.117. The van der Waals surface area contributed by atoms with Gasteiger partial charge in [-0.2, -0.15) is 42.1 Å². The van der Waals surface area contributed by atoms with E-state index in [4.69, 9.17) is 9.47 Å². The van der Waals surface area contributed by atoms with Gasteiger partial charge in [-0.3, -0.25) is 0 Å². The summed E-state index contributed by atoms with van der Waals surface area (Å²) in [7, 11) is 0. The number of rotatable bonds is 6. The molecule has 0 aliphatic heterocycles. The van der Waals surface area contributed by atoms with E-state index in [1.165, 1.54) is 60.7 Å². The monoisotopic (exact) mass is 850 g/mol. The van der Waals surface area contributed by atoms with Crippen molar-refractivity contribution in [3.8, 4) is 60.1 Å². The van der Waals surface area contributed by atoms with Crippen LogP contribution in [-0.4, -0.2) is 12.7 Å². The number of hydrogen-bond acceptors (Lipinski definition) is 10. The molecule has 64 heavy (non-hydrogen) atoms. The summed E-state index contributed by atoms with van der Waals surface area (Å²) in [5.41, 5.74) is -10.2. The molecule has 0 amide bonds. The number of alkyl halides is 6. The Kier molecular flexibility index (Phi) is 10.8. The lowest BCUT2D eigenvalue weighted by Gasteiger charge is -2.24. The molecule has 16 heteroatoms. The minimum absolute atomic E-state index is 0.0159. The van der Waals surface area contributed by atoms with Gasteiger partial charge in [0.25, 0.3) is 0 Å². The second kappa shape index (κ2) is 16.3. The highest BCUT2D eigenvalue weighted by molar-refractivity contribution is 6.36. The van der Waals surface area contributed by atoms with Crippen molar-refractivity contribution in [3.63, 3.8) is 0 Å². The Bertz CT molecular complexity index is 3090. The first kappa shape index (κ1) is 42.3. The van der Waals surface area contributed by atoms with Crippen molar-refractivity contribution in [2.24, 2.45) is 0 Å². The zero-order valence-electron chi connectivity index (χ0n) is 31.9. The van der Waals surface area contributed by atoms with Crippen molar-refractivity contribution in [2.45, 2.75) is 12.7 Å². The summed E-state index contributed by atoms with van der Waals surface area (Å²) in [6.45, 7) is 0. The van der Waals surface area contributed by atoms with Gasteiger partial charge in [-0.1, -0.05) is 60.7 Å². The van der Waals surface area contributed by atoms with Crippen molar-refractivity contribution < 1.29 is 35.8 Å². The van der Waals surface area contributed by atoms with Crippen LogP contribution >= 0.6 is 0 Å². The normalized spacial score (nSPS) is 14.2. The maximum Gasteiger partial charge on any atom is 0.573 e. The van der Waals surface area contributed by atoms with E-state index in [9.17, 15) is 42.1 Å². The van der Waals surface area contributed by atoms with Crippen molar-refractivity contribution >= 4 is 44.6 Å². The first-order chi connectivity index (χ1) is 30.6. The Morgan fingerprint density at radius 3 is 0.969 bits per heavy atom. The molecule has 0 heterocycles. The van der Waals surface area contributed by atoms with Gasteiger partial charge < -0.3 is 9.47 Å². The standard InChI is InChI=1S/C48H16F6N8O2/c49-47(50,51)63-45-41-35(23-61)37(29-7-3-1-4-8-29)39(33(21-59)31-13-25(17-55)11-26(14-31)18-56)43(41)46(64-48(52,53)54)42-36(24-62)38(30-9-5-2-6-10-30)40(44(42)45)34(22-60)32-15-27(19-57)12-28(16-32)20-58/h1-16H/b39-33+,40-34+. The Morgan fingerprint density at radius 2 is 0.719 bits per heavy atom. The predicted octanol–water partition coefficient (Wildman–Crippen LogP) is 10.7. The molecule has 0 N–H and O–H groups in total. The molecule has 10 nitrogen and oxygen atoms in total. The van der Waals surface area contributed by atoms with Crippen LogP contribution in [0.5, 0.6) is 11.5 Å².